The van der Waals surface area contributed by atoms with Gasteiger partial charge in [0.05, 0.1) is 21.2 Å². The molecule has 132 valence electrons. The van der Waals surface area contributed by atoms with Gasteiger partial charge in [0, 0.05) is 6.54 Å². The second kappa shape index (κ2) is 7.67. The number of halogens is 2. The molecule has 1 aliphatic heterocycles. The van der Waals surface area contributed by atoms with Gasteiger partial charge in [-0.3, -0.25) is 19.3 Å². The van der Waals surface area contributed by atoms with E-state index in [1.165, 1.54) is 25.1 Å². The molecule has 0 fully saturated rings. The number of carbonyl (C=O) groups excluding carboxylic acids is 4. The van der Waals surface area contributed by atoms with E-state index >= 15 is 0 Å². The second-order valence-corrected chi connectivity index (χ2v) is 5.98. The molecule has 2 rings (SSSR count). The average molecular weight is 385 g/mol. The molecule has 0 spiro atoms. The number of benzene rings is 1. The van der Waals surface area contributed by atoms with Crippen LogP contribution in [-0.4, -0.2) is 47.8 Å². The van der Waals surface area contributed by atoms with Gasteiger partial charge in [-0.2, -0.15) is 0 Å². The minimum atomic E-state index is -1.21. The first-order valence-electron chi connectivity index (χ1n) is 7.19. The quantitative estimate of drug-likeness (QED) is 0.458. The van der Waals surface area contributed by atoms with Gasteiger partial charge in [-0.1, -0.05) is 29.3 Å². The van der Waals surface area contributed by atoms with Crippen LogP contribution in [0.15, 0.2) is 24.8 Å². The summed E-state index contributed by atoms with van der Waals surface area (Å²) in [5.74, 6) is -2.78. The summed E-state index contributed by atoms with van der Waals surface area (Å²) >= 11 is 11.7. The molecule has 7 nitrogen and oxygen atoms in total. The Balaban J connectivity index is 2.10. The highest BCUT2D eigenvalue weighted by molar-refractivity contribution is 6.43. The molecule has 1 N–H and O–H groups in total. The Kier molecular flexibility index (Phi) is 5.81. The molecule has 1 atom stereocenters. The van der Waals surface area contributed by atoms with Gasteiger partial charge in [0.25, 0.3) is 17.7 Å². The van der Waals surface area contributed by atoms with E-state index in [1.807, 2.05) is 0 Å². The van der Waals surface area contributed by atoms with Crippen molar-refractivity contribution in [2.75, 3.05) is 13.2 Å². The minimum absolute atomic E-state index is 0.0581. The maximum atomic E-state index is 12.4. The summed E-state index contributed by atoms with van der Waals surface area (Å²) in [6.45, 7) is 4.46. The smallest absolute Gasteiger partial charge is 0.329 e. The lowest BCUT2D eigenvalue weighted by molar-refractivity contribution is -0.151. The number of carbonyl (C=O) groups is 4. The van der Waals surface area contributed by atoms with E-state index in [1.54, 1.807) is 0 Å². The van der Waals surface area contributed by atoms with Gasteiger partial charge < -0.3 is 10.1 Å². The zero-order valence-electron chi connectivity index (χ0n) is 13.2. The Bertz CT molecular complexity index is 737. The summed E-state index contributed by atoms with van der Waals surface area (Å²) in [5, 5.41) is 2.67. The number of amides is 3. The highest BCUT2D eigenvalue weighted by Gasteiger charge is 2.42. The molecule has 9 heteroatoms. The first kappa shape index (κ1) is 19.0. The van der Waals surface area contributed by atoms with E-state index in [4.69, 9.17) is 27.9 Å². The Hall–Kier alpha value is -2.38. The maximum absolute atomic E-state index is 12.4. The van der Waals surface area contributed by atoms with Crippen LogP contribution < -0.4 is 5.32 Å². The third-order valence-corrected chi connectivity index (χ3v) is 4.20. The molecular weight excluding hydrogens is 371 g/mol. The fourth-order valence-corrected chi connectivity index (χ4v) is 2.53. The highest BCUT2D eigenvalue weighted by Crippen LogP contribution is 2.32. The molecule has 1 unspecified atom stereocenters. The van der Waals surface area contributed by atoms with Gasteiger partial charge >= 0.3 is 5.97 Å². The standard InChI is InChI=1S/C16H14Cl2N2O5/c1-3-4-19-13(21)7-25-16(24)8(2)20-14(22)9-5-11(17)12(18)6-10(9)15(20)23/h3,5-6,8H,1,4,7H2,2H3,(H,19,21). The van der Waals surface area contributed by atoms with Crippen molar-refractivity contribution in [2.45, 2.75) is 13.0 Å². The normalized spacial score (nSPS) is 14.1. The number of nitrogens with zero attached hydrogens (tertiary/aromatic N) is 1. The van der Waals surface area contributed by atoms with Crippen LogP contribution in [0.5, 0.6) is 0 Å². The van der Waals surface area contributed by atoms with E-state index in [0.717, 1.165) is 4.90 Å². The van der Waals surface area contributed by atoms with Crippen molar-refractivity contribution in [3.8, 4) is 0 Å². The monoisotopic (exact) mass is 384 g/mol. The molecule has 1 heterocycles. The molecule has 25 heavy (non-hydrogen) atoms. The summed E-state index contributed by atoms with van der Waals surface area (Å²) < 4.78 is 4.83. The lowest BCUT2D eigenvalue weighted by atomic mass is 10.1. The molecule has 0 saturated carbocycles. The maximum Gasteiger partial charge on any atom is 0.329 e. The Morgan fingerprint density at radius 2 is 1.76 bits per heavy atom. The zero-order chi connectivity index (χ0) is 18.7. The number of hydrogen-bond donors (Lipinski definition) is 1. The molecule has 0 saturated heterocycles. The molecule has 1 aliphatic rings. The van der Waals surface area contributed by atoms with Crippen LogP contribution in [0.3, 0.4) is 0 Å². The van der Waals surface area contributed by atoms with Crippen LogP contribution >= 0.6 is 23.2 Å². The van der Waals surface area contributed by atoms with Gasteiger partial charge in [-0.05, 0) is 19.1 Å². The predicted octanol–water partition coefficient (Wildman–Crippen LogP) is 1.82. The van der Waals surface area contributed by atoms with Crippen LogP contribution in [0.4, 0.5) is 0 Å². The first-order chi connectivity index (χ1) is 11.8. The zero-order valence-corrected chi connectivity index (χ0v) is 14.7. The Morgan fingerprint density at radius 1 is 1.24 bits per heavy atom. The Labute approximate surface area is 153 Å². The first-order valence-corrected chi connectivity index (χ1v) is 7.94. The van der Waals surface area contributed by atoms with Crippen molar-refractivity contribution >= 4 is 46.9 Å². The third-order valence-electron chi connectivity index (χ3n) is 3.48. The van der Waals surface area contributed by atoms with Crippen molar-refractivity contribution in [3.05, 3.63) is 46.0 Å². The molecule has 3 amide bonds. The predicted molar refractivity (Wildman–Crippen MR) is 90.6 cm³/mol. The van der Waals surface area contributed by atoms with Crippen molar-refractivity contribution in [1.82, 2.24) is 10.2 Å². The van der Waals surface area contributed by atoms with E-state index in [9.17, 15) is 19.2 Å². The number of nitrogens with one attached hydrogen (secondary N) is 1. The summed E-state index contributed by atoms with van der Waals surface area (Å²) in [5.41, 5.74) is 0.116. The lowest BCUT2D eigenvalue weighted by Gasteiger charge is -2.20. The van der Waals surface area contributed by atoms with Crippen molar-refractivity contribution in [2.24, 2.45) is 0 Å². The second-order valence-electron chi connectivity index (χ2n) is 5.17. The Morgan fingerprint density at radius 3 is 2.24 bits per heavy atom. The van der Waals surface area contributed by atoms with Gasteiger partial charge in [0.2, 0.25) is 0 Å². The minimum Gasteiger partial charge on any atom is -0.454 e. The fourth-order valence-electron chi connectivity index (χ4n) is 2.20. The van der Waals surface area contributed by atoms with Gasteiger partial charge in [0.15, 0.2) is 6.61 Å². The van der Waals surface area contributed by atoms with Crippen LogP contribution in [0, 0.1) is 0 Å². The van der Waals surface area contributed by atoms with Crippen molar-refractivity contribution in [3.63, 3.8) is 0 Å². The van der Waals surface area contributed by atoms with Gasteiger partial charge in [-0.25, -0.2) is 4.79 Å². The molecule has 0 aromatic heterocycles. The van der Waals surface area contributed by atoms with Gasteiger partial charge in [0.1, 0.15) is 6.04 Å². The molecule has 1 aromatic rings. The van der Waals surface area contributed by atoms with E-state index < -0.39 is 36.3 Å². The number of hydrogen-bond acceptors (Lipinski definition) is 5. The molecule has 0 bridgehead atoms. The molecule has 0 aliphatic carbocycles. The van der Waals surface area contributed by atoms with Crippen LogP contribution in [0.1, 0.15) is 27.6 Å². The van der Waals surface area contributed by atoms with Crippen LogP contribution in [0.25, 0.3) is 0 Å². The van der Waals surface area contributed by atoms with Gasteiger partial charge in [-0.15, -0.1) is 6.58 Å². The largest absolute Gasteiger partial charge is 0.454 e. The highest BCUT2D eigenvalue weighted by atomic mass is 35.5. The third kappa shape index (κ3) is 3.83. The number of fused-ring (bicyclic) bond motifs is 1. The summed E-state index contributed by atoms with van der Waals surface area (Å²) in [4.78, 5) is 49.0. The molecule has 1 aromatic carbocycles. The summed E-state index contributed by atoms with van der Waals surface area (Å²) in [6.07, 6.45) is 1.47. The van der Waals surface area contributed by atoms with E-state index in [0.29, 0.717) is 0 Å². The number of imide groups is 1. The fraction of sp³-hybridized carbons (Fsp3) is 0.250. The molecule has 0 radical (unpaired) electrons. The number of esters is 1. The van der Waals surface area contributed by atoms with Crippen molar-refractivity contribution in [1.29, 1.82) is 0 Å². The van der Waals surface area contributed by atoms with E-state index in [2.05, 4.69) is 11.9 Å². The van der Waals surface area contributed by atoms with Crippen LogP contribution in [0.2, 0.25) is 10.0 Å². The SMILES string of the molecule is C=CCNC(=O)COC(=O)C(C)N1C(=O)c2cc(Cl)c(Cl)cc2C1=O. The number of rotatable bonds is 6. The lowest BCUT2D eigenvalue weighted by Crippen LogP contribution is -2.44. The van der Waals surface area contributed by atoms with Crippen molar-refractivity contribution < 1.29 is 23.9 Å². The summed E-state index contributed by atoms with van der Waals surface area (Å²) in [7, 11) is 0. The molecular formula is C16H14Cl2N2O5. The number of ether oxygens (including phenoxy) is 1. The summed E-state index contributed by atoms with van der Waals surface area (Å²) in [6, 6.07) is 1.35. The topological polar surface area (TPSA) is 92.8 Å². The average Bonchev–Trinajstić information content (AvgIpc) is 2.81. The van der Waals surface area contributed by atoms with E-state index in [-0.39, 0.29) is 27.7 Å². The van der Waals surface area contributed by atoms with Crippen LogP contribution in [-0.2, 0) is 14.3 Å².